The van der Waals surface area contributed by atoms with Crippen LogP contribution in [0.3, 0.4) is 0 Å². The fourth-order valence-electron chi connectivity index (χ4n) is 2.64. The highest BCUT2D eigenvalue weighted by atomic mass is 16.2. The molecule has 3 rings (SSSR count). The van der Waals surface area contributed by atoms with Crippen LogP contribution >= 0.6 is 0 Å². The van der Waals surface area contributed by atoms with Gasteiger partial charge in [0.15, 0.2) is 0 Å². The Morgan fingerprint density at radius 3 is 2.59 bits per heavy atom. The van der Waals surface area contributed by atoms with Gasteiger partial charge in [-0.1, -0.05) is 30.3 Å². The van der Waals surface area contributed by atoms with Gasteiger partial charge >= 0.3 is 6.03 Å². The molecular weight excluding hydrogens is 282 g/mol. The predicted molar refractivity (Wildman–Crippen MR) is 79.8 cm³/mol. The largest absolute Gasteiger partial charge is 0.348 e. The molecule has 22 heavy (non-hydrogen) atoms. The van der Waals surface area contributed by atoms with Crippen molar-refractivity contribution in [1.82, 2.24) is 15.1 Å². The summed E-state index contributed by atoms with van der Waals surface area (Å²) < 4.78 is 0. The first-order chi connectivity index (χ1) is 10.6. The van der Waals surface area contributed by atoms with Gasteiger partial charge in [-0.2, -0.15) is 0 Å². The molecular formula is C16H19N3O3. The average molecular weight is 301 g/mol. The summed E-state index contributed by atoms with van der Waals surface area (Å²) in [6.07, 6.45) is 1.90. The van der Waals surface area contributed by atoms with Gasteiger partial charge in [0.1, 0.15) is 13.1 Å². The third-order valence-corrected chi connectivity index (χ3v) is 4.05. The van der Waals surface area contributed by atoms with Crippen molar-refractivity contribution in [2.24, 2.45) is 0 Å². The smallest absolute Gasteiger partial charge is 0.327 e. The quantitative estimate of drug-likeness (QED) is 0.833. The summed E-state index contributed by atoms with van der Waals surface area (Å²) in [5.74, 6) is -0.616. The first-order valence-corrected chi connectivity index (χ1v) is 7.51. The molecule has 4 amide bonds. The second-order valence-corrected chi connectivity index (χ2v) is 5.82. The number of carbonyl (C=O) groups is 3. The third kappa shape index (κ3) is 2.95. The number of nitrogens with zero attached hydrogens (tertiary/aromatic N) is 2. The van der Waals surface area contributed by atoms with Crippen LogP contribution in [0.4, 0.5) is 4.79 Å². The molecule has 6 nitrogen and oxygen atoms in total. The van der Waals surface area contributed by atoms with Crippen LogP contribution in [-0.4, -0.2) is 46.8 Å². The minimum absolute atomic E-state index is 0.102. The van der Waals surface area contributed by atoms with Crippen LogP contribution in [0.1, 0.15) is 31.4 Å². The molecule has 2 aliphatic rings. The van der Waals surface area contributed by atoms with Crippen molar-refractivity contribution >= 4 is 17.8 Å². The molecule has 1 aromatic carbocycles. The van der Waals surface area contributed by atoms with Gasteiger partial charge in [0.25, 0.3) is 5.91 Å². The number of hydrogen-bond acceptors (Lipinski definition) is 3. The monoisotopic (exact) mass is 301 g/mol. The molecule has 0 bridgehead atoms. The van der Waals surface area contributed by atoms with Crippen molar-refractivity contribution < 1.29 is 14.4 Å². The van der Waals surface area contributed by atoms with Gasteiger partial charge in [0, 0.05) is 6.04 Å². The maximum Gasteiger partial charge on any atom is 0.327 e. The van der Waals surface area contributed by atoms with E-state index >= 15 is 0 Å². The summed E-state index contributed by atoms with van der Waals surface area (Å²) in [7, 11) is 0. The fraction of sp³-hybridized carbons (Fsp3) is 0.438. The standard InChI is InChI=1S/C16H19N3O3/c1-11(12-5-3-2-4-6-12)17-14(20)9-19-15(21)10-18(16(19)22)13-7-8-13/h2-6,11,13H,7-10H2,1H3,(H,17,20). The van der Waals surface area contributed by atoms with Crippen LogP contribution < -0.4 is 5.32 Å². The molecule has 6 heteroatoms. The SMILES string of the molecule is CC(NC(=O)CN1C(=O)CN(C2CC2)C1=O)c1ccccc1. The average Bonchev–Trinajstić information content (AvgIpc) is 3.31. The van der Waals surface area contributed by atoms with Crippen LogP contribution in [0.2, 0.25) is 0 Å². The highest BCUT2D eigenvalue weighted by Gasteiger charge is 2.44. The van der Waals surface area contributed by atoms with Crippen molar-refractivity contribution in [2.75, 3.05) is 13.1 Å². The first-order valence-electron chi connectivity index (χ1n) is 7.51. The number of hydrogen-bond donors (Lipinski definition) is 1. The van der Waals surface area contributed by atoms with Gasteiger partial charge in [-0.25, -0.2) is 4.79 Å². The van der Waals surface area contributed by atoms with E-state index in [0.29, 0.717) is 0 Å². The molecule has 1 atom stereocenters. The van der Waals surface area contributed by atoms with Crippen molar-refractivity contribution in [3.05, 3.63) is 35.9 Å². The second kappa shape index (κ2) is 5.79. The number of amides is 4. The number of carbonyl (C=O) groups excluding carboxylic acids is 3. The number of benzene rings is 1. The minimum atomic E-state index is -0.338. The Balaban J connectivity index is 1.57. The fourth-order valence-corrected chi connectivity index (χ4v) is 2.64. The molecule has 1 aliphatic carbocycles. The maximum atomic E-state index is 12.1. The molecule has 0 spiro atoms. The van der Waals surface area contributed by atoms with E-state index < -0.39 is 0 Å². The predicted octanol–water partition coefficient (Wildman–Crippen LogP) is 1.29. The second-order valence-electron chi connectivity index (χ2n) is 5.82. The maximum absolute atomic E-state index is 12.1. The molecule has 2 fully saturated rings. The Labute approximate surface area is 129 Å². The Morgan fingerprint density at radius 1 is 1.27 bits per heavy atom. The molecule has 1 aromatic rings. The molecule has 0 aromatic heterocycles. The van der Waals surface area contributed by atoms with E-state index in [4.69, 9.17) is 0 Å². The highest BCUT2D eigenvalue weighted by molar-refractivity contribution is 6.04. The van der Waals surface area contributed by atoms with E-state index in [1.54, 1.807) is 4.90 Å². The van der Waals surface area contributed by atoms with Crippen molar-refractivity contribution in [3.63, 3.8) is 0 Å². The van der Waals surface area contributed by atoms with Gasteiger partial charge in [0.2, 0.25) is 5.91 Å². The normalized spacial score (nSPS) is 19.5. The molecule has 0 radical (unpaired) electrons. The van der Waals surface area contributed by atoms with Gasteiger partial charge < -0.3 is 10.2 Å². The Kier molecular flexibility index (Phi) is 3.83. The lowest BCUT2D eigenvalue weighted by atomic mass is 10.1. The minimum Gasteiger partial charge on any atom is -0.348 e. The zero-order chi connectivity index (χ0) is 15.7. The molecule has 1 aliphatic heterocycles. The van der Waals surface area contributed by atoms with E-state index in [0.717, 1.165) is 23.3 Å². The first kappa shape index (κ1) is 14.6. The summed E-state index contributed by atoms with van der Waals surface area (Å²) >= 11 is 0. The van der Waals surface area contributed by atoms with E-state index in [9.17, 15) is 14.4 Å². The van der Waals surface area contributed by atoms with Gasteiger partial charge in [-0.15, -0.1) is 0 Å². The number of nitrogens with one attached hydrogen (secondary N) is 1. The lowest BCUT2D eigenvalue weighted by molar-refractivity contribution is -0.131. The molecule has 1 saturated heterocycles. The molecule has 1 unspecified atom stereocenters. The van der Waals surface area contributed by atoms with E-state index in [1.807, 2.05) is 37.3 Å². The van der Waals surface area contributed by atoms with E-state index in [-0.39, 0.29) is 43.0 Å². The third-order valence-electron chi connectivity index (χ3n) is 4.05. The Hall–Kier alpha value is -2.37. The van der Waals surface area contributed by atoms with Crippen LogP contribution in [0, 0.1) is 0 Å². The van der Waals surface area contributed by atoms with Crippen LogP contribution in [0.25, 0.3) is 0 Å². The van der Waals surface area contributed by atoms with Gasteiger partial charge in [-0.3, -0.25) is 14.5 Å². The van der Waals surface area contributed by atoms with Gasteiger partial charge in [0.05, 0.1) is 6.04 Å². The molecule has 116 valence electrons. The van der Waals surface area contributed by atoms with Crippen molar-refractivity contribution in [1.29, 1.82) is 0 Å². The van der Waals surface area contributed by atoms with Crippen LogP contribution in [0.15, 0.2) is 30.3 Å². The van der Waals surface area contributed by atoms with Crippen LogP contribution in [0.5, 0.6) is 0 Å². The summed E-state index contributed by atoms with van der Waals surface area (Å²) in [5, 5.41) is 2.82. The zero-order valence-electron chi connectivity index (χ0n) is 12.5. The van der Waals surface area contributed by atoms with Crippen LogP contribution in [-0.2, 0) is 9.59 Å². The van der Waals surface area contributed by atoms with E-state index in [1.165, 1.54) is 0 Å². The van der Waals surface area contributed by atoms with Crippen molar-refractivity contribution in [2.45, 2.75) is 31.8 Å². The van der Waals surface area contributed by atoms with Gasteiger partial charge in [-0.05, 0) is 25.3 Å². The van der Waals surface area contributed by atoms with Crippen molar-refractivity contribution in [3.8, 4) is 0 Å². The molecule has 1 N–H and O–H groups in total. The molecule has 1 heterocycles. The number of imide groups is 1. The Bertz CT molecular complexity index is 598. The Morgan fingerprint density at radius 2 is 1.95 bits per heavy atom. The lowest BCUT2D eigenvalue weighted by Gasteiger charge is -2.18. The summed E-state index contributed by atoms with van der Waals surface area (Å²) in [5.41, 5.74) is 0.981. The van der Waals surface area contributed by atoms with E-state index in [2.05, 4.69) is 5.32 Å². The molecule has 1 saturated carbocycles. The lowest BCUT2D eigenvalue weighted by Crippen LogP contribution is -2.42. The summed E-state index contributed by atoms with van der Waals surface area (Å²) in [6, 6.07) is 9.24. The topological polar surface area (TPSA) is 69.7 Å². The number of rotatable bonds is 5. The summed E-state index contributed by atoms with van der Waals surface area (Å²) in [4.78, 5) is 38.7. The highest BCUT2D eigenvalue weighted by Crippen LogP contribution is 2.30. The number of urea groups is 1. The summed E-state index contributed by atoms with van der Waals surface area (Å²) in [6.45, 7) is 1.76. The zero-order valence-corrected chi connectivity index (χ0v) is 12.5.